The second-order valence-electron chi connectivity index (χ2n) is 6.64. The molecule has 0 spiro atoms. The van der Waals surface area contributed by atoms with Gasteiger partial charge in [0.25, 0.3) is 0 Å². The van der Waals surface area contributed by atoms with Gasteiger partial charge in [0.15, 0.2) is 0 Å². The number of nitrogens with two attached hydrogens (primary N) is 1. The van der Waals surface area contributed by atoms with Crippen LogP contribution in [-0.4, -0.2) is 47.9 Å². The second kappa shape index (κ2) is 7.43. The largest absolute Gasteiger partial charge is 0.366 e. The van der Waals surface area contributed by atoms with Crippen LogP contribution in [0, 0.1) is 0 Å². The number of hydrogen-bond acceptors (Lipinski definition) is 5. The summed E-state index contributed by atoms with van der Waals surface area (Å²) in [5, 5.41) is 1.26. The van der Waals surface area contributed by atoms with Crippen LogP contribution in [0.5, 0.6) is 0 Å². The molecule has 0 radical (unpaired) electrons. The molecular weight excluding hydrogens is 344 g/mol. The number of rotatable bonds is 5. The Hall–Kier alpha value is -2.44. The van der Waals surface area contributed by atoms with Crippen molar-refractivity contribution in [2.45, 2.75) is 6.42 Å². The van der Waals surface area contributed by atoms with E-state index in [4.69, 9.17) is 5.73 Å². The Bertz CT molecular complexity index is 898. The average molecular weight is 366 g/mol. The topological polar surface area (TPSA) is 62.5 Å². The first-order valence-electron chi connectivity index (χ1n) is 8.91. The van der Waals surface area contributed by atoms with Gasteiger partial charge in [-0.15, -0.1) is 0 Å². The highest BCUT2D eigenvalue weighted by atomic mass is 32.1. The molecule has 0 bridgehead atoms. The molecule has 0 aliphatic carbocycles. The molecule has 1 aliphatic rings. The second-order valence-corrected chi connectivity index (χ2v) is 7.45. The van der Waals surface area contributed by atoms with Crippen LogP contribution in [0.3, 0.4) is 0 Å². The predicted molar refractivity (Wildman–Crippen MR) is 107 cm³/mol. The lowest BCUT2D eigenvalue weighted by atomic mass is 10.1. The first-order valence-corrected chi connectivity index (χ1v) is 9.68. The fourth-order valence-corrected chi connectivity index (χ4v) is 4.20. The van der Waals surface area contributed by atoms with Gasteiger partial charge in [0, 0.05) is 43.7 Å². The van der Waals surface area contributed by atoms with Crippen LogP contribution in [0.4, 0.5) is 5.82 Å². The summed E-state index contributed by atoms with van der Waals surface area (Å²) in [6, 6.07) is 16.1. The number of nitrogens with zero attached hydrogens (tertiary/aromatic N) is 3. The van der Waals surface area contributed by atoms with E-state index in [2.05, 4.69) is 38.4 Å². The van der Waals surface area contributed by atoms with Crippen LogP contribution in [0.2, 0.25) is 0 Å². The van der Waals surface area contributed by atoms with E-state index in [9.17, 15) is 4.79 Å². The van der Waals surface area contributed by atoms with Crippen LogP contribution in [0.1, 0.15) is 15.9 Å². The normalized spacial score (nSPS) is 15.5. The highest BCUT2D eigenvalue weighted by molar-refractivity contribution is 7.13. The first-order chi connectivity index (χ1) is 12.7. The highest BCUT2D eigenvalue weighted by Gasteiger charge is 2.20. The zero-order valence-corrected chi connectivity index (χ0v) is 15.4. The number of fused-ring (bicyclic) bond motifs is 1. The van der Waals surface area contributed by atoms with E-state index >= 15 is 0 Å². The van der Waals surface area contributed by atoms with Crippen molar-refractivity contribution in [1.82, 2.24) is 9.27 Å². The summed E-state index contributed by atoms with van der Waals surface area (Å²) in [6.07, 6.45) is 0.985. The molecule has 6 heteroatoms. The smallest absolute Gasteiger partial charge is 0.248 e. The van der Waals surface area contributed by atoms with Crippen LogP contribution >= 0.6 is 11.5 Å². The predicted octanol–water partition coefficient (Wildman–Crippen LogP) is 2.76. The lowest BCUT2D eigenvalue weighted by Crippen LogP contribution is -2.47. The third-order valence-corrected chi connectivity index (χ3v) is 5.80. The Morgan fingerprint density at radius 3 is 2.50 bits per heavy atom. The van der Waals surface area contributed by atoms with E-state index < -0.39 is 0 Å². The van der Waals surface area contributed by atoms with Gasteiger partial charge >= 0.3 is 0 Å². The molecule has 1 aromatic heterocycles. The van der Waals surface area contributed by atoms with Gasteiger partial charge in [-0.1, -0.05) is 24.3 Å². The molecule has 1 fully saturated rings. The Labute approximate surface area is 157 Å². The standard InChI is InChI=1S/C20H22N4OS/c21-19(25)16-7-5-15(6-8-16)9-10-23-11-13-24(14-12-23)20-17-3-1-2-4-18(17)26-22-20/h1-8H,9-14H2,(H2,21,25). The maximum atomic E-state index is 11.1. The summed E-state index contributed by atoms with van der Waals surface area (Å²) in [6.45, 7) is 5.14. The van der Waals surface area contributed by atoms with Crippen molar-refractivity contribution < 1.29 is 4.79 Å². The van der Waals surface area contributed by atoms with Gasteiger partial charge in [-0.25, -0.2) is 0 Å². The third kappa shape index (κ3) is 3.57. The minimum Gasteiger partial charge on any atom is -0.366 e. The Balaban J connectivity index is 1.31. The molecule has 0 atom stereocenters. The van der Waals surface area contributed by atoms with Gasteiger partial charge in [-0.05, 0) is 47.8 Å². The van der Waals surface area contributed by atoms with E-state index in [1.165, 1.54) is 15.6 Å². The van der Waals surface area contributed by atoms with Gasteiger partial charge in [-0.3, -0.25) is 9.69 Å². The van der Waals surface area contributed by atoms with E-state index in [1.807, 2.05) is 24.3 Å². The molecular formula is C20H22N4OS. The number of carbonyl (C=O) groups excluding carboxylic acids is 1. The van der Waals surface area contributed by atoms with Crippen molar-refractivity contribution in [2.24, 2.45) is 5.73 Å². The molecule has 1 amide bonds. The Morgan fingerprint density at radius 1 is 1.04 bits per heavy atom. The van der Waals surface area contributed by atoms with E-state index in [0.29, 0.717) is 5.56 Å². The Kier molecular flexibility index (Phi) is 4.86. The number of amides is 1. The van der Waals surface area contributed by atoms with E-state index in [0.717, 1.165) is 45.0 Å². The van der Waals surface area contributed by atoms with Gasteiger partial charge in [0.1, 0.15) is 5.82 Å². The number of carbonyl (C=O) groups is 1. The summed E-state index contributed by atoms with van der Waals surface area (Å²) in [4.78, 5) is 16.0. The molecule has 0 unspecified atom stereocenters. The van der Waals surface area contributed by atoms with Gasteiger partial charge in [-0.2, -0.15) is 4.37 Å². The fraction of sp³-hybridized carbons (Fsp3) is 0.300. The molecule has 1 aliphatic heterocycles. The average Bonchev–Trinajstić information content (AvgIpc) is 3.11. The van der Waals surface area contributed by atoms with E-state index in [-0.39, 0.29) is 5.91 Å². The lowest BCUT2D eigenvalue weighted by Gasteiger charge is -2.35. The number of benzene rings is 2. The van der Waals surface area contributed by atoms with E-state index in [1.54, 1.807) is 11.5 Å². The SMILES string of the molecule is NC(=O)c1ccc(CCN2CCN(c3nsc4ccccc34)CC2)cc1. The van der Waals surface area contributed by atoms with Crippen molar-refractivity contribution >= 4 is 33.3 Å². The van der Waals surface area contributed by atoms with Crippen molar-refractivity contribution in [2.75, 3.05) is 37.6 Å². The maximum Gasteiger partial charge on any atom is 0.248 e. The summed E-state index contributed by atoms with van der Waals surface area (Å²) >= 11 is 1.58. The van der Waals surface area contributed by atoms with Crippen LogP contribution in [0.15, 0.2) is 48.5 Å². The van der Waals surface area contributed by atoms with Crippen molar-refractivity contribution in [3.05, 3.63) is 59.7 Å². The molecule has 3 aromatic rings. The molecule has 26 heavy (non-hydrogen) atoms. The zero-order valence-electron chi connectivity index (χ0n) is 14.6. The van der Waals surface area contributed by atoms with Crippen LogP contribution in [0.25, 0.3) is 10.1 Å². The van der Waals surface area contributed by atoms with Crippen LogP contribution in [-0.2, 0) is 6.42 Å². The molecule has 134 valence electrons. The van der Waals surface area contributed by atoms with Crippen molar-refractivity contribution in [1.29, 1.82) is 0 Å². The lowest BCUT2D eigenvalue weighted by molar-refractivity contribution is 0.100. The van der Waals surface area contributed by atoms with Crippen molar-refractivity contribution in [3.63, 3.8) is 0 Å². The molecule has 4 rings (SSSR count). The molecule has 2 aromatic carbocycles. The summed E-state index contributed by atoms with van der Waals surface area (Å²) in [5.74, 6) is 0.759. The number of piperazine rings is 1. The number of anilines is 1. The van der Waals surface area contributed by atoms with Gasteiger partial charge in [0.2, 0.25) is 5.91 Å². The third-order valence-electron chi connectivity index (χ3n) is 4.99. The molecule has 0 saturated carbocycles. The van der Waals surface area contributed by atoms with Gasteiger partial charge in [0.05, 0.1) is 4.70 Å². The maximum absolute atomic E-state index is 11.1. The molecule has 5 nitrogen and oxygen atoms in total. The van der Waals surface area contributed by atoms with Gasteiger partial charge < -0.3 is 10.6 Å². The van der Waals surface area contributed by atoms with Crippen LogP contribution < -0.4 is 10.6 Å². The highest BCUT2D eigenvalue weighted by Crippen LogP contribution is 2.29. The molecule has 2 heterocycles. The Morgan fingerprint density at radius 2 is 1.77 bits per heavy atom. The molecule has 2 N–H and O–H groups in total. The summed E-state index contributed by atoms with van der Waals surface area (Å²) in [7, 11) is 0. The molecule has 1 saturated heterocycles. The number of aromatic nitrogens is 1. The minimum atomic E-state index is -0.373. The first kappa shape index (κ1) is 17.0. The monoisotopic (exact) mass is 366 g/mol. The quantitative estimate of drug-likeness (QED) is 0.754. The zero-order chi connectivity index (χ0) is 17.9. The summed E-state index contributed by atoms with van der Waals surface area (Å²) in [5.41, 5.74) is 7.09. The minimum absolute atomic E-state index is 0.373. The summed E-state index contributed by atoms with van der Waals surface area (Å²) < 4.78 is 5.93. The number of hydrogen-bond donors (Lipinski definition) is 1. The van der Waals surface area contributed by atoms with Crippen molar-refractivity contribution in [3.8, 4) is 0 Å². The number of primary amides is 1. The fourth-order valence-electron chi connectivity index (χ4n) is 3.41.